The van der Waals surface area contributed by atoms with Gasteiger partial charge in [-0.1, -0.05) is 18.2 Å². The molecule has 1 fully saturated rings. The first-order valence-corrected chi connectivity index (χ1v) is 5.20. The molecule has 1 atom stereocenters. The minimum atomic E-state index is -0.126. The summed E-state index contributed by atoms with van der Waals surface area (Å²) in [6, 6.07) is 9.38. The van der Waals surface area contributed by atoms with Gasteiger partial charge in [-0.2, -0.15) is 0 Å². The number of benzene rings is 1. The number of nitrogens with one attached hydrogen (secondary N) is 3. The molecule has 15 heavy (non-hydrogen) atoms. The lowest BCUT2D eigenvalue weighted by Gasteiger charge is -2.23. The highest BCUT2D eigenvalue weighted by atomic mass is 16.2. The number of rotatable bonds is 2. The fraction of sp³-hybridized carbons (Fsp3) is 0.364. The average Bonchev–Trinajstić information content (AvgIpc) is 2.31. The lowest BCUT2D eigenvalue weighted by Crippen LogP contribution is -2.51. The van der Waals surface area contributed by atoms with Crippen molar-refractivity contribution in [1.29, 1.82) is 0 Å². The molecule has 1 heterocycles. The van der Waals surface area contributed by atoms with Crippen LogP contribution in [0.5, 0.6) is 0 Å². The molecule has 1 aromatic rings. The zero-order valence-corrected chi connectivity index (χ0v) is 8.49. The highest BCUT2D eigenvalue weighted by molar-refractivity contribution is 5.94. The number of para-hydroxylation sites is 1. The van der Waals surface area contributed by atoms with Crippen LogP contribution in [0.25, 0.3) is 0 Å². The molecule has 4 heteroatoms. The molecular weight excluding hydrogens is 190 g/mol. The van der Waals surface area contributed by atoms with Crippen molar-refractivity contribution >= 4 is 11.6 Å². The lowest BCUT2D eigenvalue weighted by molar-refractivity contribution is -0.119. The van der Waals surface area contributed by atoms with E-state index in [1.807, 2.05) is 30.3 Å². The molecule has 3 N–H and O–H groups in total. The number of carbonyl (C=O) groups excluding carboxylic acids is 1. The molecule has 0 bridgehead atoms. The summed E-state index contributed by atoms with van der Waals surface area (Å²) in [6.07, 6.45) is 1.91. The maximum Gasteiger partial charge on any atom is 0.242 e. The smallest absolute Gasteiger partial charge is 0.242 e. The number of anilines is 1. The molecule has 1 aliphatic rings. The predicted molar refractivity (Wildman–Crippen MR) is 59.2 cm³/mol. The summed E-state index contributed by atoms with van der Waals surface area (Å²) in [5.74, 6) is 0.0217. The molecule has 4 nitrogen and oxygen atoms in total. The first-order valence-electron chi connectivity index (χ1n) is 5.20. The molecule has 0 unspecified atom stereocenters. The van der Waals surface area contributed by atoms with E-state index >= 15 is 0 Å². The van der Waals surface area contributed by atoms with E-state index in [1.54, 1.807) is 0 Å². The summed E-state index contributed by atoms with van der Waals surface area (Å²) in [7, 11) is 0. The molecular formula is C11H15N3O. The van der Waals surface area contributed by atoms with E-state index in [0.29, 0.717) is 0 Å². The van der Waals surface area contributed by atoms with E-state index in [1.165, 1.54) is 0 Å². The van der Waals surface area contributed by atoms with Gasteiger partial charge >= 0.3 is 0 Å². The highest BCUT2D eigenvalue weighted by Gasteiger charge is 2.19. The molecule has 1 amide bonds. The Labute approximate surface area is 89.0 Å². The van der Waals surface area contributed by atoms with Gasteiger partial charge in [0.15, 0.2) is 0 Å². The summed E-state index contributed by atoms with van der Waals surface area (Å²) in [4.78, 5) is 11.8. The van der Waals surface area contributed by atoms with Gasteiger partial charge < -0.3 is 5.32 Å². The molecule has 0 saturated carbocycles. The van der Waals surface area contributed by atoms with Gasteiger partial charge in [0, 0.05) is 12.2 Å². The Hall–Kier alpha value is -1.39. The Kier molecular flexibility index (Phi) is 3.32. The SMILES string of the molecule is O=C(Nc1ccccc1)[C@@H]1CCCNN1. The number of hydrogen-bond donors (Lipinski definition) is 3. The van der Waals surface area contributed by atoms with E-state index in [-0.39, 0.29) is 11.9 Å². The molecule has 0 aliphatic carbocycles. The van der Waals surface area contributed by atoms with Crippen LogP contribution in [0.1, 0.15) is 12.8 Å². The Bertz CT molecular complexity index is 320. The van der Waals surface area contributed by atoms with Gasteiger partial charge in [-0.15, -0.1) is 0 Å². The monoisotopic (exact) mass is 205 g/mol. The minimum absolute atomic E-state index is 0.0217. The number of hydrazine groups is 1. The quantitative estimate of drug-likeness (QED) is 0.672. The highest BCUT2D eigenvalue weighted by Crippen LogP contribution is 2.08. The molecule has 2 rings (SSSR count). The Morgan fingerprint density at radius 3 is 2.80 bits per heavy atom. The van der Waals surface area contributed by atoms with Crippen LogP contribution in [0.15, 0.2) is 30.3 Å². The molecule has 0 radical (unpaired) electrons. The van der Waals surface area contributed by atoms with Crippen LogP contribution in [0.2, 0.25) is 0 Å². The Morgan fingerprint density at radius 2 is 2.13 bits per heavy atom. The van der Waals surface area contributed by atoms with E-state index in [2.05, 4.69) is 16.2 Å². The maximum absolute atomic E-state index is 11.8. The topological polar surface area (TPSA) is 53.2 Å². The second kappa shape index (κ2) is 4.91. The Balaban J connectivity index is 1.91. The van der Waals surface area contributed by atoms with Crippen molar-refractivity contribution in [2.24, 2.45) is 0 Å². The zero-order valence-electron chi connectivity index (χ0n) is 8.49. The number of hydrogen-bond acceptors (Lipinski definition) is 3. The standard InChI is InChI=1S/C11H15N3O/c15-11(10-7-4-8-12-14-10)13-9-5-2-1-3-6-9/h1-3,5-6,10,12,14H,4,7-8H2,(H,13,15)/t10-/m0/s1. The normalized spacial score (nSPS) is 20.9. The first-order chi connectivity index (χ1) is 7.36. The second-order valence-electron chi connectivity index (χ2n) is 3.62. The maximum atomic E-state index is 11.8. The molecule has 0 aromatic heterocycles. The summed E-state index contributed by atoms with van der Waals surface area (Å²) in [5.41, 5.74) is 6.81. The van der Waals surface area contributed by atoms with Crippen molar-refractivity contribution in [3.05, 3.63) is 30.3 Å². The van der Waals surface area contributed by atoms with Gasteiger partial charge in [0.2, 0.25) is 5.91 Å². The van der Waals surface area contributed by atoms with Gasteiger partial charge in [0.1, 0.15) is 6.04 Å². The second-order valence-corrected chi connectivity index (χ2v) is 3.62. The van der Waals surface area contributed by atoms with Crippen LogP contribution in [0.4, 0.5) is 5.69 Å². The van der Waals surface area contributed by atoms with Gasteiger partial charge in [-0.3, -0.25) is 10.2 Å². The zero-order chi connectivity index (χ0) is 10.5. The molecule has 1 aromatic carbocycles. The van der Waals surface area contributed by atoms with Crippen molar-refractivity contribution in [2.45, 2.75) is 18.9 Å². The van der Waals surface area contributed by atoms with Crippen molar-refractivity contribution in [2.75, 3.05) is 11.9 Å². The fourth-order valence-corrected chi connectivity index (χ4v) is 1.61. The van der Waals surface area contributed by atoms with Crippen molar-refractivity contribution in [3.63, 3.8) is 0 Å². The van der Waals surface area contributed by atoms with E-state index in [0.717, 1.165) is 25.1 Å². The third-order valence-corrected chi connectivity index (χ3v) is 2.43. The Morgan fingerprint density at radius 1 is 1.33 bits per heavy atom. The van der Waals surface area contributed by atoms with Crippen LogP contribution in [-0.2, 0) is 4.79 Å². The van der Waals surface area contributed by atoms with E-state index in [9.17, 15) is 4.79 Å². The lowest BCUT2D eigenvalue weighted by atomic mass is 10.1. The van der Waals surface area contributed by atoms with Gasteiger partial charge in [-0.25, -0.2) is 5.43 Å². The van der Waals surface area contributed by atoms with Gasteiger partial charge in [0.05, 0.1) is 0 Å². The van der Waals surface area contributed by atoms with Crippen molar-refractivity contribution in [3.8, 4) is 0 Å². The predicted octanol–water partition coefficient (Wildman–Crippen LogP) is 0.882. The van der Waals surface area contributed by atoms with Gasteiger partial charge in [0.25, 0.3) is 0 Å². The van der Waals surface area contributed by atoms with E-state index in [4.69, 9.17) is 0 Å². The third kappa shape index (κ3) is 2.78. The van der Waals surface area contributed by atoms with Crippen molar-refractivity contribution in [1.82, 2.24) is 10.9 Å². The van der Waals surface area contributed by atoms with E-state index < -0.39 is 0 Å². The first kappa shape index (κ1) is 10.1. The largest absolute Gasteiger partial charge is 0.325 e. The fourth-order valence-electron chi connectivity index (χ4n) is 1.61. The van der Waals surface area contributed by atoms with Crippen molar-refractivity contribution < 1.29 is 4.79 Å². The summed E-state index contributed by atoms with van der Waals surface area (Å²) in [5, 5.41) is 2.87. The summed E-state index contributed by atoms with van der Waals surface area (Å²) >= 11 is 0. The minimum Gasteiger partial charge on any atom is -0.325 e. The van der Waals surface area contributed by atoms with Crippen LogP contribution >= 0.6 is 0 Å². The summed E-state index contributed by atoms with van der Waals surface area (Å²) in [6.45, 7) is 0.926. The van der Waals surface area contributed by atoms with Gasteiger partial charge in [-0.05, 0) is 25.0 Å². The summed E-state index contributed by atoms with van der Waals surface area (Å²) < 4.78 is 0. The molecule has 1 saturated heterocycles. The third-order valence-electron chi connectivity index (χ3n) is 2.43. The van der Waals surface area contributed by atoms with Crippen LogP contribution in [-0.4, -0.2) is 18.5 Å². The average molecular weight is 205 g/mol. The molecule has 1 aliphatic heterocycles. The van der Waals surface area contributed by atoms with Crippen LogP contribution in [0.3, 0.4) is 0 Å². The number of amides is 1. The molecule has 0 spiro atoms. The van der Waals surface area contributed by atoms with Crippen LogP contribution in [0, 0.1) is 0 Å². The number of carbonyl (C=O) groups is 1. The van der Waals surface area contributed by atoms with Crippen LogP contribution < -0.4 is 16.2 Å². The molecule has 80 valence electrons.